The van der Waals surface area contributed by atoms with Gasteiger partial charge >= 0.3 is 6.18 Å². The van der Waals surface area contributed by atoms with Crippen LogP contribution in [0.4, 0.5) is 13.2 Å². The van der Waals surface area contributed by atoms with E-state index in [0.29, 0.717) is 19.6 Å². The molecule has 1 heterocycles. The predicted molar refractivity (Wildman–Crippen MR) is 113 cm³/mol. The van der Waals surface area contributed by atoms with Crippen molar-refractivity contribution in [2.45, 2.75) is 63.3 Å². The number of unbranched alkanes of at least 4 members (excludes halogenated alkanes) is 1. The van der Waals surface area contributed by atoms with Crippen molar-refractivity contribution in [3.05, 3.63) is 35.9 Å². The zero-order valence-electron chi connectivity index (χ0n) is 18.2. The van der Waals surface area contributed by atoms with Crippen LogP contribution >= 0.6 is 0 Å². The van der Waals surface area contributed by atoms with Gasteiger partial charge in [0, 0.05) is 38.8 Å². The van der Waals surface area contributed by atoms with Crippen molar-refractivity contribution in [1.82, 2.24) is 4.90 Å². The third-order valence-electron chi connectivity index (χ3n) is 6.53. The van der Waals surface area contributed by atoms with Crippen molar-refractivity contribution in [2.75, 3.05) is 33.4 Å². The SMILES string of the molecule is COCCCC[C@@](O)(c1ccccc1)[C@@H]1CCCN([C@H](CN)CC(C)C(F)(F)F)C1. The standard InChI is InChI=1S/C23H37F3N2O2/c1-18(23(24,25)26)15-21(16-27)28-13-8-11-20(17-28)22(29,12-6-7-14-30-2)19-9-4-3-5-10-19/h3-5,9-10,18,20-21,29H,6-8,11-17,27H2,1-2H3/t18?,20-,21+,22-/m1/s1. The number of hydrogen-bond acceptors (Lipinski definition) is 4. The summed E-state index contributed by atoms with van der Waals surface area (Å²) in [5, 5.41) is 11.8. The summed E-state index contributed by atoms with van der Waals surface area (Å²) in [6, 6.07) is 9.32. The van der Waals surface area contributed by atoms with Gasteiger partial charge in [0.15, 0.2) is 0 Å². The van der Waals surface area contributed by atoms with Gasteiger partial charge in [0.1, 0.15) is 0 Å². The lowest BCUT2D eigenvalue weighted by atomic mass is 9.73. The van der Waals surface area contributed by atoms with Crippen molar-refractivity contribution in [3.63, 3.8) is 0 Å². The molecule has 2 rings (SSSR count). The van der Waals surface area contributed by atoms with Crippen LogP contribution in [0.25, 0.3) is 0 Å². The first kappa shape index (κ1) is 25.1. The van der Waals surface area contributed by atoms with Crippen LogP contribution in [-0.2, 0) is 10.3 Å². The summed E-state index contributed by atoms with van der Waals surface area (Å²) in [7, 11) is 1.66. The molecule has 1 aromatic carbocycles. The van der Waals surface area contributed by atoms with E-state index in [0.717, 1.165) is 37.8 Å². The monoisotopic (exact) mass is 430 g/mol. The average Bonchev–Trinajstić information content (AvgIpc) is 2.74. The molecule has 0 spiro atoms. The van der Waals surface area contributed by atoms with E-state index >= 15 is 0 Å². The first-order chi connectivity index (χ1) is 14.2. The smallest absolute Gasteiger partial charge is 0.385 e. The number of halogens is 3. The Morgan fingerprint density at radius 1 is 1.23 bits per heavy atom. The van der Waals surface area contributed by atoms with Crippen molar-refractivity contribution in [3.8, 4) is 0 Å². The summed E-state index contributed by atoms with van der Waals surface area (Å²) in [6.07, 6.45) is -0.255. The summed E-state index contributed by atoms with van der Waals surface area (Å²) < 4.78 is 44.4. The van der Waals surface area contributed by atoms with Gasteiger partial charge in [-0.15, -0.1) is 0 Å². The Balaban J connectivity index is 2.16. The molecule has 0 saturated carbocycles. The molecule has 4 nitrogen and oxygen atoms in total. The number of aliphatic hydroxyl groups is 1. The van der Waals surface area contributed by atoms with Crippen LogP contribution in [0.5, 0.6) is 0 Å². The zero-order chi connectivity index (χ0) is 22.2. The minimum Gasteiger partial charge on any atom is -0.385 e. The van der Waals surface area contributed by atoms with E-state index in [2.05, 4.69) is 4.90 Å². The summed E-state index contributed by atoms with van der Waals surface area (Å²) in [6.45, 7) is 3.33. The number of likely N-dealkylation sites (tertiary alicyclic amines) is 1. The van der Waals surface area contributed by atoms with Gasteiger partial charge in [0.2, 0.25) is 0 Å². The quantitative estimate of drug-likeness (QED) is 0.514. The lowest BCUT2D eigenvalue weighted by Gasteiger charge is -2.45. The number of rotatable bonds is 11. The Kier molecular flexibility index (Phi) is 9.60. The van der Waals surface area contributed by atoms with Crippen LogP contribution in [0, 0.1) is 11.8 Å². The lowest BCUT2D eigenvalue weighted by Crippen LogP contribution is -2.52. The third-order valence-corrected chi connectivity index (χ3v) is 6.53. The summed E-state index contributed by atoms with van der Waals surface area (Å²) in [5.41, 5.74) is 5.75. The maximum atomic E-state index is 13.1. The molecule has 7 heteroatoms. The molecule has 0 aromatic heterocycles. The number of nitrogens with two attached hydrogens (primary N) is 1. The molecular weight excluding hydrogens is 393 g/mol. The fourth-order valence-electron chi connectivity index (χ4n) is 4.62. The van der Waals surface area contributed by atoms with E-state index < -0.39 is 17.7 Å². The minimum absolute atomic E-state index is 0.00960. The van der Waals surface area contributed by atoms with E-state index in [1.165, 1.54) is 6.92 Å². The lowest BCUT2D eigenvalue weighted by molar-refractivity contribution is -0.175. The summed E-state index contributed by atoms with van der Waals surface area (Å²) >= 11 is 0. The van der Waals surface area contributed by atoms with Crippen LogP contribution in [-0.4, -0.2) is 55.6 Å². The molecule has 1 unspecified atom stereocenters. The van der Waals surface area contributed by atoms with Gasteiger partial charge in [0.05, 0.1) is 11.5 Å². The van der Waals surface area contributed by atoms with Gasteiger partial charge in [-0.1, -0.05) is 37.3 Å². The molecule has 1 aliphatic rings. The molecule has 172 valence electrons. The second-order valence-corrected chi connectivity index (χ2v) is 8.64. The highest BCUT2D eigenvalue weighted by Gasteiger charge is 2.43. The predicted octanol–water partition coefficient (Wildman–Crippen LogP) is 4.32. The molecular formula is C23H37F3N2O2. The van der Waals surface area contributed by atoms with Gasteiger partial charge < -0.3 is 15.6 Å². The van der Waals surface area contributed by atoms with Crippen molar-refractivity contribution in [1.29, 1.82) is 0 Å². The fraction of sp³-hybridized carbons (Fsp3) is 0.739. The van der Waals surface area contributed by atoms with E-state index in [-0.39, 0.29) is 24.9 Å². The molecule has 0 aliphatic carbocycles. The van der Waals surface area contributed by atoms with Crippen molar-refractivity contribution >= 4 is 0 Å². The van der Waals surface area contributed by atoms with Crippen LogP contribution < -0.4 is 5.73 Å². The summed E-state index contributed by atoms with van der Waals surface area (Å²) in [5.74, 6) is -1.44. The minimum atomic E-state index is -4.21. The molecule has 0 amide bonds. The second-order valence-electron chi connectivity index (χ2n) is 8.64. The maximum absolute atomic E-state index is 13.1. The van der Waals surface area contributed by atoms with Gasteiger partial charge in [-0.05, 0) is 50.6 Å². The third kappa shape index (κ3) is 6.67. The topological polar surface area (TPSA) is 58.7 Å². The van der Waals surface area contributed by atoms with E-state index in [9.17, 15) is 18.3 Å². The van der Waals surface area contributed by atoms with E-state index in [1.807, 2.05) is 30.3 Å². The zero-order valence-corrected chi connectivity index (χ0v) is 18.2. The van der Waals surface area contributed by atoms with E-state index in [1.54, 1.807) is 7.11 Å². The number of nitrogens with zero attached hydrogens (tertiary/aromatic N) is 1. The molecule has 1 fully saturated rings. The number of methoxy groups -OCH3 is 1. The number of hydrogen-bond donors (Lipinski definition) is 2. The largest absolute Gasteiger partial charge is 0.391 e. The van der Waals surface area contributed by atoms with Crippen molar-refractivity contribution < 1.29 is 23.0 Å². The second kappa shape index (κ2) is 11.5. The Hall–Kier alpha value is -1.15. The van der Waals surface area contributed by atoms with Gasteiger partial charge in [-0.25, -0.2) is 0 Å². The molecule has 0 radical (unpaired) electrons. The van der Waals surface area contributed by atoms with Gasteiger partial charge in [-0.3, -0.25) is 4.90 Å². The maximum Gasteiger partial charge on any atom is 0.391 e. The van der Waals surface area contributed by atoms with E-state index in [4.69, 9.17) is 10.5 Å². The summed E-state index contributed by atoms with van der Waals surface area (Å²) in [4.78, 5) is 2.07. The Labute approximate surface area is 178 Å². The number of alkyl halides is 3. The molecule has 30 heavy (non-hydrogen) atoms. The van der Waals surface area contributed by atoms with Crippen LogP contribution in [0.1, 0.15) is 51.0 Å². The highest BCUT2D eigenvalue weighted by atomic mass is 19.4. The molecule has 0 bridgehead atoms. The average molecular weight is 431 g/mol. The molecule has 1 aromatic rings. The Morgan fingerprint density at radius 2 is 1.93 bits per heavy atom. The Morgan fingerprint density at radius 3 is 2.53 bits per heavy atom. The normalized spacial score (nSPS) is 22.4. The van der Waals surface area contributed by atoms with Crippen LogP contribution in [0.2, 0.25) is 0 Å². The van der Waals surface area contributed by atoms with Crippen LogP contribution in [0.15, 0.2) is 30.3 Å². The van der Waals surface area contributed by atoms with Gasteiger partial charge in [-0.2, -0.15) is 13.2 Å². The number of ether oxygens (including phenoxy) is 1. The molecule has 1 saturated heterocycles. The molecule has 1 aliphatic heterocycles. The first-order valence-electron chi connectivity index (χ1n) is 11.0. The molecule has 4 atom stereocenters. The highest BCUT2D eigenvalue weighted by Crippen LogP contribution is 2.40. The number of benzene rings is 1. The highest BCUT2D eigenvalue weighted by molar-refractivity contribution is 5.23. The van der Waals surface area contributed by atoms with Crippen LogP contribution in [0.3, 0.4) is 0 Å². The Bertz CT molecular complexity index is 614. The first-order valence-corrected chi connectivity index (χ1v) is 11.0. The fourth-order valence-corrected chi connectivity index (χ4v) is 4.62. The number of piperidine rings is 1. The van der Waals surface area contributed by atoms with Gasteiger partial charge in [0.25, 0.3) is 0 Å². The molecule has 3 N–H and O–H groups in total. The van der Waals surface area contributed by atoms with Crippen molar-refractivity contribution in [2.24, 2.45) is 17.6 Å².